The molecule has 3 heterocycles. The minimum atomic E-state index is -4.23. The lowest BCUT2D eigenvalue weighted by Gasteiger charge is -2.34. The summed E-state index contributed by atoms with van der Waals surface area (Å²) in [7, 11) is -4.23. The summed E-state index contributed by atoms with van der Waals surface area (Å²) in [6, 6.07) is 14.4. The molecule has 1 amide bonds. The van der Waals surface area contributed by atoms with Gasteiger partial charge in [0.2, 0.25) is 0 Å². The summed E-state index contributed by atoms with van der Waals surface area (Å²) in [6.45, 7) is 11.4. The van der Waals surface area contributed by atoms with Crippen LogP contribution in [0.4, 0.5) is 11.6 Å². The standard InChI is InChI=1S/C27H33N5O3S.H2/c1-17(2)19-8-10-20(11-9-19)22-13-12-21(25(30-22)32-16-18(3)15-27(32,4)5)26(33)31-36(34,35)23-7-6-14-29-24(23)28;/h6-14,17-18H,15-16H2,1-5H3,(H2,28,29)(H,31,33);1H/t18-;/m0./s1. The molecule has 1 aliphatic rings. The van der Waals surface area contributed by atoms with E-state index in [1.165, 1.54) is 23.9 Å². The number of nitrogen functional groups attached to an aromatic ring is 1. The summed E-state index contributed by atoms with van der Waals surface area (Å²) < 4.78 is 28.0. The summed E-state index contributed by atoms with van der Waals surface area (Å²) in [6.07, 6.45) is 2.31. The van der Waals surface area contributed by atoms with Crippen LogP contribution in [0.1, 0.15) is 64.3 Å². The Morgan fingerprint density at radius 3 is 2.44 bits per heavy atom. The van der Waals surface area contributed by atoms with E-state index in [0.29, 0.717) is 29.9 Å². The smallest absolute Gasteiger partial charge is 0.268 e. The van der Waals surface area contributed by atoms with Gasteiger partial charge in [0.15, 0.2) is 0 Å². The van der Waals surface area contributed by atoms with E-state index >= 15 is 0 Å². The number of nitrogens with zero attached hydrogens (tertiary/aromatic N) is 3. The van der Waals surface area contributed by atoms with Crippen LogP contribution in [0.2, 0.25) is 0 Å². The fourth-order valence-electron chi connectivity index (χ4n) is 4.85. The van der Waals surface area contributed by atoms with Crippen molar-refractivity contribution in [2.24, 2.45) is 5.92 Å². The molecule has 0 radical (unpaired) electrons. The maximum absolute atomic E-state index is 13.4. The average Bonchev–Trinajstić information content (AvgIpc) is 3.10. The van der Waals surface area contributed by atoms with E-state index in [4.69, 9.17) is 10.7 Å². The van der Waals surface area contributed by atoms with Crippen molar-refractivity contribution in [1.82, 2.24) is 14.7 Å². The van der Waals surface area contributed by atoms with Gasteiger partial charge in [-0.3, -0.25) is 4.79 Å². The van der Waals surface area contributed by atoms with Crippen LogP contribution in [0.5, 0.6) is 0 Å². The Bertz CT molecular complexity index is 1390. The molecule has 4 rings (SSSR count). The number of carbonyl (C=O) groups is 1. The number of aromatic nitrogens is 2. The number of nitrogens with one attached hydrogen (secondary N) is 1. The third-order valence-corrected chi connectivity index (χ3v) is 8.02. The Hall–Kier alpha value is -3.46. The van der Waals surface area contributed by atoms with E-state index in [1.54, 1.807) is 12.1 Å². The third-order valence-electron chi connectivity index (χ3n) is 6.64. The second-order valence-corrected chi connectivity index (χ2v) is 12.0. The van der Waals surface area contributed by atoms with E-state index < -0.39 is 15.9 Å². The molecule has 1 aromatic carbocycles. The zero-order valence-corrected chi connectivity index (χ0v) is 22.1. The topological polar surface area (TPSA) is 118 Å². The molecular weight excluding hydrogens is 474 g/mol. The van der Waals surface area contributed by atoms with Gasteiger partial charge < -0.3 is 10.6 Å². The average molecular weight is 510 g/mol. The lowest BCUT2D eigenvalue weighted by atomic mass is 9.97. The molecule has 0 spiro atoms. The molecule has 1 fully saturated rings. The Morgan fingerprint density at radius 1 is 1.17 bits per heavy atom. The van der Waals surface area contributed by atoms with E-state index in [1.807, 2.05) is 12.1 Å². The van der Waals surface area contributed by atoms with Crippen molar-refractivity contribution in [3.63, 3.8) is 0 Å². The van der Waals surface area contributed by atoms with Crippen LogP contribution in [0.3, 0.4) is 0 Å². The number of hydrogen-bond donors (Lipinski definition) is 2. The minimum absolute atomic E-state index is 0. The number of hydrogen-bond acceptors (Lipinski definition) is 7. The first-order chi connectivity index (χ1) is 16.9. The second kappa shape index (κ2) is 9.54. The molecule has 9 heteroatoms. The maximum Gasteiger partial charge on any atom is 0.268 e. The van der Waals surface area contributed by atoms with Gasteiger partial charge >= 0.3 is 0 Å². The molecule has 192 valence electrons. The van der Waals surface area contributed by atoms with Gasteiger partial charge in [0.25, 0.3) is 15.9 Å². The van der Waals surface area contributed by atoms with E-state index in [2.05, 4.69) is 61.4 Å². The molecule has 0 aliphatic carbocycles. The first-order valence-electron chi connectivity index (χ1n) is 12.1. The van der Waals surface area contributed by atoms with Gasteiger partial charge in [0, 0.05) is 25.3 Å². The van der Waals surface area contributed by atoms with Gasteiger partial charge in [-0.15, -0.1) is 0 Å². The summed E-state index contributed by atoms with van der Waals surface area (Å²) in [4.78, 5) is 23.9. The molecule has 1 atom stereocenters. The van der Waals surface area contributed by atoms with Crippen LogP contribution in [-0.4, -0.2) is 36.4 Å². The molecule has 1 aliphatic heterocycles. The van der Waals surface area contributed by atoms with Gasteiger partial charge in [-0.05, 0) is 61.9 Å². The lowest BCUT2D eigenvalue weighted by Crippen LogP contribution is -2.41. The molecule has 2 aromatic heterocycles. The van der Waals surface area contributed by atoms with Gasteiger partial charge in [-0.2, -0.15) is 0 Å². The number of anilines is 2. The molecule has 0 saturated carbocycles. The minimum Gasteiger partial charge on any atom is -0.383 e. The molecule has 0 bridgehead atoms. The highest BCUT2D eigenvalue weighted by Crippen LogP contribution is 2.38. The predicted octanol–water partition coefficient (Wildman–Crippen LogP) is 4.84. The molecule has 3 aromatic rings. The molecular formula is C27H35N5O3S. The zero-order chi connectivity index (χ0) is 26.3. The molecule has 3 N–H and O–H groups in total. The lowest BCUT2D eigenvalue weighted by molar-refractivity contribution is 0.0981. The van der Waals surface area contributed by atoms with Gasteiger partial charge in [-0.25, -0.2) is 23.1 Å². The van der Waals surface area contributed by atoms with Crippen LogP contribution in [-0.2, 0) is 10.0 Å². The molecule has 1 saturated heterocycles. The van der Waals surface area contributed by atoms with E-state index in [-0.39, 0.29) is 23.2 Å². The summed E-state index contributed by atoms with van der Waals surface area (Å²) in [5.41, 5.74) is 8.55. The van der Waals surface area contributed by atoms with E-state index in [0.717, 1.165) is 12.0 Å². The highest BCUT2D eigenvalue weighted by molar-refractivity contribution is 7.90. The van der Waals surface area contributed by atoms with Crippen molar-refractivity contribution in [2.45, 2.75) is 57.4 Å². The van der Waals surface area contributed by atoms with Gasteiger partial charge in [0.1, 0.15) is 16.5 Å². The first kappa shape index (κ1) is 25.6. The van der Waals surface area contributed by atoms with Gasteiger partial charge in [0.05, 0.1) is 11.3 Å². The van der Waals surface area contributed by atoms with Crippen LogP contribution < -0.4 is 15.4 Å². The molecule has 8 nitrogen and oxygen atoms in total. The highest BCUT2D eigenvalue weighted by atomic mass is 32.2. The van der Waals surface area contributed by atoms with Crippen LogP contribution in [0.25, 0.3) is 11.3 Å². The number of sulfonamides is 1. The Balaban J connectivity index is 0.00000380. The summed E-state index contributed by atoms with van der Waals surface area (Å²) >= 11 is 0. The molecule has 36 heavy (non-hydrogen) atoms. The monoisotopic (exact) mass is 509 g/mol. The van der Waals surface area contributed by atoms with Crippen molar-refractivity contribution < 1.29 is 14.6 Å². The highest BCUT2D eigenvalue weighted by Gasteiger charge is 2.39. The number of amides is 1. The molecule has 0 unspecified atom stereocenters. The number of nitrogens with two attached hydrogens (primary N) is 1. The van der Waals surface area contributed by atoms with Crippen LogP contribution in [0.15, 0.2) is 59.6 Å². The number of pyridine rings is 2. The first-order valence-corrected chi connectivity index (χ1v) is 13.5. The summed E-state index contributed by atoms with van der Waals surface area (Å²) in [5, 5.41) is 0. The fourth-order valence-corrected chi connectivity index (χ4v) is 5.90. The summed E-state index contributed by atoms with van der Waals surface area (Å²) in [5.74, 6) is 0.326. The zero-order valence-electron chi connectivity index (χ0n) is 21.3. The second-order valence-electron chi connectivity index (χ2n) is 10.4. The van der Waals surface area contributed by atoms with Gasteiger partial charge in [-0.1, -0.05) is 45.0 Å². The quantitative estimate of drug-likeness (QED) is 0.488. The van der Waals surface area contributed by atoms with Crippen LogP contribution in [0, 0.1) is 5.92 Å². The number of benzene rings is 1. The largest absolute Gasteiger partial charge is 0.383 e. The van der Waals surface area contributed by atoms with Crippen molar-refractivity contribution in [2.75, 3.05) is 17.2 Å². The Kier molecular flexibility index (Phi) is 6.79. The number of rotatable bonds is 6. The van der Waals surface area contributed by atoms with Crippen LogP contribution >= 0.6 is 0 Å². The van der Waals surface area contributed by atoms with Crippen molar-refractivity contribution in [3.8, 4) is 11.3 Å². The fraction of sp³-hybridized carbons (Fsp3) is 0.370. The third kappa shape index (κ3) is 5.06. The Morgan fingerprint density at radius 2 is 1.86 bits per heavy atom. The predicted molar refractivity (Wildman–Crippen MR) is 144 cm³/mol. The normalized spacial score (nSPS) is 17.4. The van der Waals surface area contributed by atoms with E-state index in [9.17, 15) is 13.2 Å². The number of carbonyl (C=O) groups excluding carboxylic acids is 1. The maximum atomic E-state index is 13.4. The van der Waals surface area contributed by atoms with Crippen molar-refractivity contribution in [3.05, 3.63) is 65.9 Å². The SMILES string of the molecule is CC(C)c1ccc(-c2ccc(C(=O)NS(=O)(=O)c3cccnc3N)c(N3C[C@@H](C)CC3(C)C)n2)cc1.[HH]. The van der Waals surface area contributed by atoms with Crippen molar-refractivity contribution >= 4 is 27.6 Å². The van der Waals surface area contributed by atoms with Crippen molar-refractivity contribution in [1.29, 1.82) is 0 Å². The Labute approximate surface area is 214 Å².